The highest BCUT2D eigenvalue weighted by molar-refractivity contribution is 4.53. The van der Waals surface area contributed by atoms with Crippen LogP contribution in [0, 0.1) is 0 Å². The molecule has 0 heterocycles. The summed E-state index contributed by atoms with van der Waals surface area (Å²) in [6.07, 6.45) is 18.0. The van der Waals surface area contributed by atoms with Gasteiger partial charge in [-0.3, -0.25) is 0 Å². The second kappa shape index (κ2) is 18.9. The molecule has 22 heavy (non-hydrogen) atoms. The summed E-state index contributed by atoms with van der Waals surface area (Å²) in [6, 6.07) is 0. The van der Waals surface area contributed by atoms with Gasteiger partial charge in [0.15, 0.2) is 0 Å². The minimum atomic E-state index is -0.609. The molecule has 134 valence electrons. The van der Waals surface area contributed by atoms with Crippen LogP contribution in [0.1, 0.15) is 96.8 Å². The molecule has 1 atom stereocenters. The smallest absolute Gasteiger partial charge is 0.118 e. The fraction of sp³-hybridized carbons (Fsp3) is 1.00. The molecule has 3 heteroatoms. The molecule has 0 saturated carbocycles. The summed E-state index contributed by atoms with van der Waals surface area (Å²) in [5, 5.41) is 8.78. The molecular formula is C19H39FO2. The third kappa shape index (κ3) is 16.2. The standard InChI is InChI=1S/C19H39FO2/c1-2-3-4-5-6-7-8-9-10-11-12-13-14-15-16-22-19(17-20)18-21/h19,21H,2-18H2,1H3. The average molecular weight is 319 g/mol. The van der Waals surface area contributed by atoms with Crippen LogP contribution in [-0.4, -0.2) is 31.1 Å². The lowest BCUT2D eigenvalue weighted by molar-refractivity contribution is -0.00252. The first-order valence-corrected chi connectivity index (χ1v) is 9.63. The summed E-state index contributed by atoms with van der Waals surface area (Å²) < 4.78 is 17.5. The van der Waals surface area contributed by atoms with E-state index in [9.17, 15) is 4.39 Å². The molecule has 0 radical (unpaired) electrons. The number of aliphatic hydroxyl groups is 1. The molecule has 0 aliphatic heterocycles. The Hall–Kier alpha value is -0.150. The van der Waals surface area contributed by atoms with E-state index in [1.807, 2.05) is 0 Å². The maximum atomic E-state index is 12.3. The van der Waals surface area contributed by atoms with E-state index >= 15 is 0 Å². The van der Waals surface area contributed by atoms with Gasteiger partial charge in [-0.1, -0.05) is 90.4 Å². The van der Waals surface area contributed by atoms with E-state index in [4.69, 9.17) is 9.84 Å². The van der Waals surface area contributed by atoms with Crippen molar-refractivity contribution in [3.05, 3.63) is 0 Å². The summed E-state index contributed by atoms with van der Waals surface area (Å²) in [6.45, 7) is 2.04. The number of aliphatic hydroxyl groups excluding tert-OH is 1. The maximum Gasteiger partial charge on any atom is 0.118 e. The second-order valence-electron chi connectivity index (χ2n) is 6.43. The third-order valence-corrected chi connectivity index (χ3v) is 4.23. The van der Waals surface area contributed by atoms with Crippen molar-refractivity contribution in [1.82, 2.24) is 0 Å². The Morgan fingerprint density at radius 2 is 1.14 bits per heavy atom. The van der Waals surface area contributed by atoms with Crippen molar-refractivity contribution in [1.29, 1.82) is 0 Å². The molecule has 0 aromatic carbocycles. The van der Waals surface area contributed by atoms with E-state index in [1.54, 1.807) is 0 Å². The Morgan fingerprint density at radius 1 is 0.727 bits per heavy atom. The predicted octanol–water partition coefficient (Wildman–Crippen LogP) is 5.81. The predicted molar refractivity (Wildman–Crippen MR) is 93.1 cm³/mol. The number of hydrogen-bond donors (Lipinski definition) is 1. The van der Waals surface area contributed by atoms with Crippen molar-refractivity contribution in [3.8, 4) is 0 Å². The van der Waals surface area contributed by atoms with Gasteiger partial charge in [-0.2, -0.15) is 0 Å². The Kier molecular flexibility index (Phi) is 18.8. The van der Waals surface area contributed by atoms with Gasteiger partial charge in [0.05, 0.1) is 6.61 Å². The molecule has 0 saturated heterocycles. The van der Waals surface area contributed by atoms with Crippen LogP contribution in [0.15, 0.2) is 0 Å². The average Bonchev–Trinajstić information content (AvgIpc) is 2.55. The lowest BCUT2D eigenvalue weighted by atomic mass is 10.0. The third-order valence-electron chi connectivity index (χ3n) is 4.23. The van der Waals surface area contributed by atoms with Crippen LogP contribution < -0.4 is 0 Å². The second-order valence-corrected chi connectivity index (χ2v) is 6.43. The molecule has 0 rings (SSSR count). The van der Waals surface area contributed by atoms with E-state index in [0.717, 1.165) is 12.8 Å². The van der Waals surface area contributed by atoms with Gasteiger partial charge in [0, 0.05) is 6.61 Å². The highest BCUT2D eigenvalue weighted by atomic mass is 19.1. The van der Waals surface area contributed by atoms with Gasteiger partial charge in [-0.15, -0.1) is 0 Å². The zero-order chi connectivity index (χ0) is 16.3. The molecule has 0 aliphatic rings. The van der Waals surface area contributed by atoms with Crippen LogP contribution in [0.4, 0.5) is 4.39 Å². The van der Waals surface area contributed by atoms with Crippen molar-refractivity contribution in [3.63, 3.8) is 0 Å². The number of rotatable bonds is 18. The number of halogens is 1. The molecular weight excluding hydrogens is 279 g/mol. The highest BCUT2D eigenvalue weighted by Crippen LogP contribution is 2.13. The summed E-state index contributed by atoms with van der Waals surface area (Å²) >= 11 is 0. The van der Waals surface area contributed by atoms with E-state index in [2.05, 4.69) is 6.92 Å². The van der Waals surface area contributed by atoms with Crippen LogP contribution in [-0.2, 0) is 4.74 Å². The summed E-state index contributed by atoms with van der Waals surface area (Å²) in [4.78, 5) is 0. The lowest BCUT2D eigenvalue weighted by Gasteiger charge is -2.11. The monoisotopic (exact) mass is 318 g/mol. The van der Waals surface area contributed by atoms with Gasteiger partial charge in [0.1, 0.15) is 12.8 Å². The van der Waals surface area contributed by atoms with Crippen LogP contribution in [0.2, 0.25) is 0 Å². The van der Waals surface area contributed by atoms with E-state index in [-0.39, 0.29) is 6.61 Å². The van der Waals surface area contributed by atoms with Crippen LogP contribution in [0.25, 0.3) is 0 Å². The van der Waals surface area contributed by atoms with Gasteiger partial charge in [-0.05, 0) is 6.42 Å². The van der Waals surface area contributed by atoms with Crippen LogP contribution in [0.5, 0.6) is 0 Å². The van der Waals surface area contributed by atoms with Crippen molar-refractivity contribution >= 4 is 0 Å². The lowest BCUT2D eigenvalue weighted by Crippen LogP contribution is -2.20. The fourth-order valence-electron chi connectivity index (χ4n) is 2.69. The zero-order valence-electron chi connectivity index (χ0n) is 14.8. The number of hydrogen-bond acceptors (Lipinski definition) is 2. The van der Waals surface area contributed by atoms with Crippen LogP contribution >= 0.6 is 0 Å². The van der Waals surface area contributed by atoms with Gasteiger partial charge in [-0.25, -0.2) is 4.39 Å². The largest absolute Gasteiger partial charge is 0.394 e. The first kappa shape index (κ1) is 21.9. The Bertz CT molecular complexity index is 196. The molecule has 0 amide bonds. The summed E-state index contributed by atoms with van der Waals surface area (Å²) in [5.74, 6) is 0. The van der Waals surface area contributed by atoms with Crippen LogP contribution in [0.3, 0.4) is 0 Å². The molecule has 0 aliphatic carbocycles. The Labute approximate surface area is 137 Å². The van der Waals surface area contributed by atoms with E-state index in [1.165, 1.54) is 77.0 Å². The van der Waals surface area contributed by atoms with E-state index in [0.29, 0.717) is 6.61 Å². The van der Waals surface area contributed by atoms with Crippen molar-refractivity contribution in [2.24, 2.45) is 0 Å². The highest BCUT2D eigenvalue weighted by Gasteiger charge is 2.05. The summed E-state index contributed by atoms with van der Waals surface area (Å²) in [7, 11) is 0. The molecule has 0 aromatic rings. The van der Waals surface area contributed by atoms with Crippen molar-refractivity contribution in [2.45, 2.75) is 103 Å². The number of ether oxygens (including phenoxy) is 1. The van der Waals surface area contributed by atoms with E-state index < -0.39 is 12.8 Å². The quantitative estimate of drug-likeness (QED) is 0.323. The van der Waals surface area contributed by atoms with Gasteiger partial charge in [0.25, 0.3) is 0 Å². The molecule has 0 spiro atoms. The first-order valence-electron chi connectivity index (χ1n) is 9.63. The molecule has 2 nitrogen and oxygen atoms in total. The normalized spacial score (nSPS) is 12.7. The SMILES string of the molecule is CCCCCCCCCCCCCCCCOC(CO)CF. The van der Waals surface area contributed by atoms with Gasteiger partial charge < -0.3 is 9.84 Å². The zero-order valence-corrected chi connectivity index (χ0v) is 14.8. The van der Waals surface area contributed by atoms with Gasteiger partial charge in [0.2, 0.25) is 0 Å². The molecule has 1 N–H and O–H groups in total. The maximum absolute atomic E-state index is 12.3. The Morgan fingerprint density at radius 3 is 1.50 bits per heavy atom. The molecule has 0 aromatic heterocycles. The first-order chi connectivity index (χ1) is 10.8. The van der Waals surface area contributed by atoms with Crippen molar-refractivity contribution < 1.29 is 14.2 Å². The Balaban J connectivity index is 3.02. The molecule has 1 unspecified atom stereocenters. The van der Waals surface area contributed by atoms with Gasteiger partial charge >= 0.3 is 0 Å². The molecule has 0 bridgehead atoms. The minimum Gasteiger partial charge on any atom is -0.394 e. The topological polar surface area (TPSA) is 29.5 Å². The number of alkyl halides is 1. The number of unbranched alkanes of at least 4 members (excludes halogenated alkanes) is 13. The minimum absolute atomic E-state index is 0.213. The van der Waals surface area contributed by atoms with Crippen molar-refractivity contribution in [2.75, 3.05) is 19.9 Å². The summed E-state index contributed by atoms with van der Waals surface area (Å²) in [5.41, 5.74) is 0. The fourth-order valence-corrected chi connectivity index (χ4v) is 2.69. The molecule has 0 fully saturated rings.